The van der Waals surface area contributed by atoms with Crippen molar-refractivity contribution in [2.45, 2.75) is 56.9 Å². The van der Waals surface area contributed by atoms with Crippen molar-refractivity contribution in [2.75, 3.05) is 20.2 Å². The summed E-state index contributed by atoms with van der Waals surface area (Å²) in [4.78, 5) is 53.8. The highest BCUT2D eigenvalue weighted by Crippen LogP contribution is 2.40. The van der Waals surface area contributed by atoms with Gasteiger partial charge >= 0.3 is 12.3 Å². The van der Waals surface area contributed by atoms with Crippen molar-refractivity contribution < 1.29 is 32.3 Å². The Kier molecular flexibility index (Phi) is 8.76. The lowest BCUT2D eigenvalue weighted by Crippen LogP contribution is -2.46. The number of halogens is 3. The molecule has 3 amide bonds. The number of alkyl carbamates (subject to hydrolysis) is 1. The number of rotatable bonds is 8. The van der Waals surface area contributed by atoms with Crippen molar-refractivity contribution in [3.8, 4) is 33.6 Å². The first-order chi connectivity index (χ1) is 22.6. The lowest BCUT2D eigenvalue weighted by molar-refractivity contribution is -0.140. The number of carbonyl (C=O) groups is 3. The number of carbonyl (C=O) groups excluding carboxylic acids is 3. The summed E-state index contributed by atoms with van der Waals surface area (Å²) in [5.74, 6) is 0.351. The van der Waals surface area contributed by atoms with Gasteiger partial charge in [-0.2, -0.15) is 13.2 Å². The van der Waals surface area contributed by atoms with Crippen LogP contribution in [0.2, 0.25) is 0 Å². The molecule has 2 aromatic carbocycles. The Hall–Kier alpha value is -5.14. The average Bonchev–Trinajstić information content (AvgIpc) is 3.89. The summed E-state index contributed by atoms with van der Waals surface area (Å²) in [6, 6.07) is 12.7. The summed E-state index contributed by atoms with van der Waals surface area (Å²) in [6.45, 7) is 2.53. The van der Waals surface area contributed by atoms with Gasteiger partial charge < -0.3 is 29.8 Å². The highest BCUT2D eigenvalue weighted by molar-refractivity contribution is 5.85. The van der Waals surface area contributed by atoms with Gasteiger partial charge in [-0.1, -0.05) is 48.5 Å². The third-order valence-electron chi connectivity index (χ3n) is 8.78. The molecule has 3 atom stereocenters. The number of nitrogens with one attached hydrogen (secondary N) is 3. The lowest BCUT2D eigenvalue weighted by Gasteiger charge is -2.26. The number of aromatic amines is 2. The Morgan fingerprint density at radius 1 is 0.936 bits per heavy atom. The van der Waals surface area contributed by atoms with Gasteiger partial charge in [-0.15, -0.1) is 0 Å². The van der Waals surface area contributed by atoms with Crippen molar-refractivity contribution in [1.82, 2.24) is 35.1 Å². The van der Waals surface area contributed by atoms with E-state index < -0.39 is 36.0 Å². The predicted octanol–water partition coefficient (Wildman–Crippen LogP) is 5.85. The molecule has 14 heteroatoms. The number of H-pyrrole nitrogens is 2. The predicted molar refractivity (Wildman–Crippen MR) is 165 cm³/mol. The Balaban J connectivity index is 1.21. The summed E-state index contributed by atoms with van der Waals surface area (Å²) in [7, 11) is 1.18. The van der Waals surface area contributed by atoms with Crippen molar-refractivity contribution in [3.05, 3.63) is 72.1 Å². The van der Waals surface area contributed by atoms with Crippen LogP contribution in [0.25, 0.3) is 33.6 Å². The van der Waals surface area contributed by atoms with Gasteiger partial charge in [0.15, 0.2) is 0 Å². The van der Waals surface area contributed by atoms with E-state index in [9.17, 15) is 27.6 Å². The third kappa shape index (κ3) is 6.44. The number of methoxy groups -OCH3 is 1. The second kappa shape index (κ2) is 12.9. The van der Waals surface area contributed by atoms with Crippen LogP contribution in [-0.4, -0.2) is 74.4 Å². The molecule has 2 fully saturated rings. The van der Waals surface area contributed by atoms with Gasteiger partial charge in [0.25, 0.3) is 0 Å². The molecular weight excluding hydrogens is 615 g/mol. The molecule has 0 aliphatic carbocycles. The van der Waals surface area contributed by atoms with Crippen LogP contribution in [0.4, 0.5) is 18.0 Å². The number of alkyl halides is 3. The summed E-state index contributed by atoms with van der Waals surface area (Å²) >= 11 is 0. The molecule has 2 aliphatic rings. The Morgan fingerprint density at radius 2 is 1.55 bits per heavy atom. The first-order valence-electron chi connectivity index (χ1n) is 15.4. The van der Waals surface area contributed by atoms with E-state index in [1.54, 1.807) is 35.4 Å². The number of hydrogen-bond acceptors (Lipinski definition) is 6. The van der Waals surface area contributed by atoms with Crippen LogP contribution in [0, 0.1) is 0 Å². The first-order valence-corrected chi connectivity index (χ1v) is 15.4. The molecule has 0 spiro atoms. The van der Waals surface area contributed by atoms with E-state index in [2.05, 4.69) is 30.0 Å². The fourth-order valence-electron chi connectivity index (χ4n) is 6.35. The fraction of sp³-hybridized carbons (Fsp3) is 0.364. The molecule has 4 aromatic rings. The van der Waals surface area contributed by atoms with E-state index in [1.807, 2.05) is 24.3 Å². The van der Waals surface area contributed by atoms with E-state index in [1.165, 1.54) is 18.9 Å². The maximum atomic E-state index is 14.2. The van der Waals surface area contributed by atoms with Gasteiger partial charge in [0.2, 0.25) is 12.3 Å². The number of imidazole rings is 2. The number of aromatic nitrogens is 4. The number of nitrogens with zero attached hydrogens (tertiary/aromatic N) is 4. The minimum Gasteiger partial charge on any atom is -0.453 e. The van der Waals surface area contributed by atoms with Crippen LogP contribution in [0.1, 0.15) is 62.0 Å². The van der Waals surface area contributed by atoms with Crippen LogP contribution >= 0.6 is 0 Å². The van der Waals surface area contributed by atoms with Crippen LogP contribution in [-0.2, 0) is 20.5 Å². The van der Waals surface area contributed by atoms with Gasteiger partial charge in [-0.05, 0) is 49.3 Å². The number of amides is 3. The zero-order valence-corrected chi connectivity index (χ0v) is 25.8. The summed E-state index contributed by atoms with van der Waals surface area (Å²) in [6.07, 6.45) is -0.0895. The maximum Gasteiger partial charge on any atom is 0.433 e. The summed E-state index contributed by atoms with van der Waals surface area (Å²) in [5, 5.41) is 2.41. The zero-order chi connectivity index (χ0) is 33.3. The molecule has 2 aromatic heterocycles. The summed E-state index contributed by atoms with van der Waals surface area (Å²) < 4.78 is 47.2. The highest BCUT2D eigenvalue weighted by Gasteiger charge is 2.41. The van der Waals surface area contributed by atoms with Crippen LogP contribution in [0.15, 0.2) is 54.7 Å². The van der Waals surface area contributed by atoms with Crippen molar-refractivity contribution in [1.29, 1.82) is 0 Å². The molecule has 0 unspecified atom stereocenters. The highest BCUT2D eigenvalue weighted by atomic mass is 19.4. The molecule has 0 saturated carbocycles. The molecule has 3 N–H and O–H groups in total. The van der Waals surface area contributed by atoms with Gasteiger partial charge in [-0.3, -0.25) is 9.59 Å². The van der Waals surface area contributed by atoms with E-state index >= 15 is 0 Å². The van der Waals surface area contributed by atoms with E-state index in [4.69, 9.17) is 0 Å². The first kappa shape index (κ1) is 31.8. The summed E-state index contributed by atoms with van der Waals surface area (Å²) in [5.41, 5.74) is 2.45. The molecule has 6 rings (SSSR count). The van der Waals surface area contributed by atoms with Crippen LogP contribution in [0.5, 0.6) is 0 Å². The van der Waals surface area contributed by atoms with Gasteiger partial charge in [0.05, 0.1) is 31.1 Å². The van der Waals surface area contributed by atoms with Crippen molar-refractivity contribution in [2.24, 2.45) is 0 Å². The largest absolute Gasteiger partial charge is 0.453 e. The number of benzene rings is 2. The minimum atomic E-state index is -4.71. The van der Waals surface area contributed by atoms with Crippen molar-refractivity contribution in [3.63, 3.8) is 0 Å². The zero-order valence-electron chi connectivity index (χ0n) is 25.8. The van der Waals surface area contributed by atoms with Crippen LogP contribution in [0.3, 0.4) is 0 Å². The Bertz CT molecular complexity index is 1750. The topological polar surface area (TPSA) is 136 Å². The lowest BCUT2D eigenvalue weighted by atomic mass is 10.0. The standard InChI is InChI=1S/C33H34F3N7O4/c1-19(38-32(46)47-2)31(45)43-16-4-6-26(43)30-40-27(28(41-30)33(34,35)36)23-13-9-21(10-14-23)20-7-11-22(12-8-20)24-17-37-29(39-24)25-5-3-15-42(25)18-44/h7-14,17-19,25-26H,3-6,15-16H2,1-2H3,(H,37,39)(H,38,46)(H,40,41)/t19-,25-,26-/m0/s1. The fourth-order valence-corrected chi connectivity index (χ4v) is 6.35. The smallest absolute Gasteiger partial charge is 0.433 e. The minimum absolute atomic E-state index is 0.0388. The Labute approximate surface area is 268 Å². The van der Waals surface area contributed by atoms with E-state index in [0.717, 1.165) is 47.5 Å². The number of likely N-dealkylation sites (tertiary alicyclic amines) is 2. The number of hydrogen-bond donors (Lipinski definition) is 3. The quantitative estimate of drug-likeness (QED) is 0.205. The normalized spacial score (nSPS) is 18.7. The molecule has 11 nitrogen and oxygen atoms in total. The van der Waals surface area contributed by atoms with E-state index in [-0.39, 0.29) is 23.1 Å². The third-order valence-corrected chi connectivity index (χ3v) is 8.78. The molecule has 2 aliphatic heterocycles. The van der Waals surface area contributed by atoms with Gasteiger partial charge in [0.1, 0.15) is 29.1 Å². The molecule has 47 heavy (non-hydrogen) atoms. The average molecular weight is 650 g/mol. The molecule has 246 valence electrons. The van der Waals surface area contributed by atoms with E-state index in [0.29, 0.717) is 25.9 Å². The molecule has 2 saturated heterocycles. The second-order valence-electron chi connectivity index (χ2n) is 11.7. The molecule has 0 radical (unpaired) electrons. The van der Waals surface area contributed by atoms with Crippen molar-refractivity contribution >= 4 is 18.4 Å². The van der Waals surface area contributed by atoms with Crippen LogP contribution < -0.4 is 5.32 Å². The Morgan fingerprint density at radius 3 is 2.19 bits per heavy atom. The molecular formula is C33H34F3N7O4. The SMILES string of the molecule is COC(=O)N[C@@H](C)C(=O)N1CCC[C@H]1c1nc(-c2ccc(-c3ccc(-c4cnc([C@@H]5CCCN5C=O)[nH]4)cc3)cc2)c(C(F)(F)F)[nH]1. The van der Waals surface area contributed by atoms with Gasteiger partial charge in [0, 0.05) is 18.7 Å². The van der Waals surface area contributed by atoms with Gasteiger partial charge in [-0.25, -0.2) is 14.8 Å². The molecule has 0 bridgehead atoms. The second-order valence-corrected chi connectivity index (χ2v) is 11.7. The monoisotopic (exact) mass is 649 g/mol. The maximum absolute atomic E-state index is 14.2. The molecule has 4 heterocycles. The number of ether oxygens (including phenoxy) is 1.